The average molecular weight is 450 g/mol. The van der Waals surface area contributed by atoms with E-state index in [1.54, 1.807) is 0 Å². The number of methoxy groups -OCH3 is 4. The summed E-state index contributed by atoms with van der Waals surface area (Å²) in [5.41, 5.74) is -2.80. The molecule has 2 aliphatic heterocycles. The standard InChI is InChI=1S/C22H26O10/c1-27-13-5-11(6-14(28-2)17(13)23)19-21(25)9-32-20(22(21,26)10-31-19)12-7-15(29-3)18(24)16(8-12)30-4/h5-8,19-20,23-26H,9-10H2,1-4H3/t19-,20-,21+,22+/m1/s1. The minimum absolute atomic E-state index is 0.130. The molecule has 0 amide bonds. The van der Waals surface area contributed by atoms with Gasteiger partial charge in [-0.25, -0.2) is 0 Å². The highest BCUT2D eigenvalue weighted by atomic mass is 16.6. The quantitative estimate of drug-likeness (QED) is 0.512. The Morgan fingerprint density at radius 3 is 1.19 bits per heavy atom. The van der Waals surface area contributed by atoms with E-state index in [-0.39, 0.29) is 47.7 Å². The second-order valence-electron chi connectivity index (χ2n) is 7.78. The maximum absolute atomic E-state index is 11.6. The number of benzene rings is 2. The fourth-order valence-corrected chi connectivity index (χ4v) is 4.43. The number of ether oxygens (including phenoxy) is 6. The summed E-state index contributed by atoms with van der Waals surface area (Å²) in [7, 11) is 5.55. The molecule has 0 aromatic heterocycles. The molecule has 2 aromatic carbocycles. The number of fused-ring (bicyclic) bond motifs is 1. The fourth-order valence-electron chi connectivity index (χ4n) is 4.43. The lowest BCUT2D eigenvalue weighted by Crippen LogP contribution is -2.54. The number of phenols is 2. The van der Waals surface area contributed by atoms with Crippen LogP contribution in [0.3, 0.4) is 0 Å². The number of hydrogen-bond donors (Lipinski definition) is 4. The van der Waals surface area contributed by atoms with Gasteiger partial charge in [0.05, 0.1) is 41.7 Å². The summed E-state index contributed by atoms with van der Waals surface area (Å²) in [6.07, 6.45) is -2.00. The maximum atomic E-state index is 11.6. The lowest BCUT2D eigenvalue weighted by molar-refractivity contribution is -0.114. The van der Waals surface area contributed by atoms with Gasteiger partial charge in [-0.1, -0.05) is 0 Å². The van der Waals surface area contributed by atoms with Gasteiger partial charge >= 0.3 is 0 Å². The fraction of sp³-hybridized carbons (Fsp3) is 0.455. The van der Waals surface area contributed by atoms with Crippen LogP contribution in [0.1, 0.15) is 23.3 Å². The predicted molar refractivity (Wildman–Crippen MR) is 110 cm³/mol. The first kappa shape index (κ1) is 22.3. The van der Waals surface area contributed by atoms with Gasteiger partial charge in [0.2, 0.25) is 11.5 Å². The molecule has 2 aliphatic rings. The van der Waals surface area contributed by atoms with Crippen molar-refractivity contribution in [3.05, 3.63) is 35.4 Å². The molecular weight excluding hydrogens is 424 g/mol. The number of aliphatic hydroxyl groups is 2. The Bertz CT molecular complexity index is 892. The molecule has 2 fully saturated rings. The molecular formula is C22H26O10. The molecule has 0 bridgehead atoms. The zero-order chi connectivity index (χ0) is 23.3. The lowest BCUT2D eigenvalue weighted by atomic mass is 9.77. The minimum Gasteiger partial charge on any atom is -0.502 e. The topological polar surface area (TPSA) is 136 Å². The SMILES string of the molecule is COc1cc([C@H]2OC[C@]3(O)[C@@H](c4cc(OC)c(O)c(OC)c4)OC[C@]23O)cc(OC)c1O. The van der Waals surface area contributed by atoms with E-state index >= 15 is 0 Å². The van der Waals surface area contributed by atoms with Crippen molar-refractivity contribution >= 4 is 0 Å². The number of rotatable bonds is 6. The Balaban J connectivity index is 1.75. The van der Waals surface area contributed by atoms with Crippen LogP contribution in [0.2, 0.25) is 0 Å². The van der Waals surface area contributed by atoms with Gasteiger partial charge in [-0.15, -0.1) is 0 Å². The van der Waals surface area contributed by atoms with Gasteiger partial charge in [0.25, 0.3) is 0 Å². The Morgan fingerprint density at radius 2 is 0.938 bits per heavy atom. The summed E-state index contributed by atoms with van der Waals surface area (Å²) in [5.74, 6) is 0.137. The normalized spacial score (nSPS) is 28.9. The highest BCUT2D eigenvalue weighted by Crippen LogP contribution is 2.57. The molecule has 4 rings (SSSR count). The summed E-state index contributed by atoms with van der Waals surface area (Å²) in [4.78, 5) is 0. The molecule has 0 radical (unpaired) electrons. The second-order valence-corrected chi connectivity index (χ2v) is 7.78. The highest BCUT2D eigenvalue weighted by molar-refractivity contribution is 5.55. The second kappa shape index (κ2) is 7.89. The third-order valence-corrected chi connectivity index (χ3v) is 6.17. The van der Waals surface area contributed by atoms with Gasteiger partial charge in [0, 0.05) is 0 Å². The van der Waals surface area contributed by atoms with Crippen LogP contribution in [0.25, 0.3) is 0 Å². The molecule has 32 heavy (non-hydrogen) atoms. The van der Waals surface area contributed by atoms with Crippen LogP contribution < -0.4 is 18.9 Å². The van der Waals surface area contributed by atoms with E-state index in [2.05, 4.69) is 0 Å². The van der Waals surface area contributed by atoms with Gasteiger partial charge in [-0.3, -0.25) is 0 Å². The van der Waals surface area contributed by atoms with E-state index in [0.717, 1.165) is 0 Å². The van der Waals surface area contributed by atoms with Crippen molar-refractivity contribution in [1.29, 1.82) is 0 Å². The molecule has 0 aliphatic carbocycles. The number of aromatic hydroxyl groups is 2. The zero-order valence-electron chi connectivity index (χ0n) is 18.1. The predicted octanol–water partition coefficient (Wildman–Crippen LogP) is 1.44. The molecule has 0 unspecified atom stereocenters. The van der Waals surface area contributed by atoms with Gasteiger partial charge in [0.1, 0.15) is 12.2 Å². The van der Waals surface area contributed by atoms with Crippen molar-refractivity contribution < 1.29 is 48.8 Å². The summed E-state index contributed by atoms with van der Waals surface area (Å²) < 4.78 is 32.5. The van der Waals surface area contributed by atoms with Gasteiger partial charge in [-0.2, -0.15) is 0 Å². The molecule has 0 saturated carbocycles. The van der Waals surface area contributed by atoms with Crippen molar-refractivity contribution in [2.75, 3.05) is 41.7 Å². The summed E-state index contributed by atoms with van der Waals surface area (Å²) in [6.45, 7) is -0.480. The van der Waals surface area contributed by atoms with E-state index in [1.165, 1.54) is 52.7 Å². The van der Waals surface area contributed by atoms with Crippen LogP contribution >= 0.6 is 0 Å². The van der Waals surface area contributed by atoms with E-state index in [1.807, 2.05) is 0 Å². The van der Waals surface area contributed by atoms with Crippen LogP contribution in [-0.4, -0.2) is 73.3 Å². The first-order valence-corrected chi connectivity index (χ1v) is 9.81. The molecule has 0 spiro atoms. The number of phenolic OH excluding ortho intramolecular Hbond substituents is 2. The van der Waals surface area contributed by atoms with Crippen LogP contribution in [0.4, 0.5) is 0 Å². The highest BCUT2D eigenvalue weighted by Gasteiger charge is 2.69. The van der Waals surface area contributed by atoms with Crippen LogP contribution in [-0.2, 0) is 9.47 Å². The van der Waals surface area contributed by atoms with Crippen molar-refractivity contribution in [3.63, 3.8) is 0 Å². The Morgan fingerprint density at radius 1 is 0.656 bits per heavy atom. The Kier molecular flexibility index (Phi) is 5.49. The summed E-state index contributed by atoms with van der Waals surface area (Å²) in [6, 6.07) is 6.02. The molecule has 2 aromatic rings. The molecule has 4 atom stereocenters. The Labute approximate surface area is 184 Å². The largest absolute Gasteiger partial charge is 0.502 e. The molecule has 4 N–H and O–H groups in total. The number of hydrogen-bond acceptors (Lipinski definition) is 10. The van der Waals surface area contributed by atoms with Gasteiger partial charge in [-0.05, 0) is 35.4 Å². The zero-order valence-corrected chi connectivity index (χ0v) is 18.1. The minimum atomic E-state index is -1.83. The average Bonchev–Trinajstić information content (AvgIpc) is 3.20. The van der Waals surface area contributed by atoms with Crippen molar-refractivity contribution in [2.24, 2.45) is 0 Å². The third kappa shape index (κ3) is 3.02. The van der Waals surface area contributed by atoms with E-state index in [0.29, 0.717) is 11.1 Å². The van der Waals surface area contributed by atoms with Crippen molar-refractivity contribution in [2.45, 2.75) is 23.4 Å². The Hall–Kier alpha value is -2.92. The first-order chi connectivity index (χ1) is 15.2. The third-order valence-electron chi connectivity index (χ3n) is 6.17. The van der Waals surface area contributed by atoms with Crippen LogP contribution in [0, 0.1) is 0 Å². The van der Waals surface area contributed by atoms with E-state index in [4.69, 9.17) is 28.4 Å². The maximum Gasteiger partial charge on any atom is 0.200 e. The van der Waals surface area contributed by atoms with Crippen molar-refractivity contribution in [1.82, 2.24) is 0 Å². The molecule has 2 saturated heterocycles. The van der Waals surface area contributed by atoms with Crippen molar-refractivity contribution in [3.8, 4) is 34.5 Å². The lowest BCUT2D eigenvalue weighted by Gasteiger charge is -2.34. The van der Waals surface area contributed by atoms with Crippen LogP contribution in [0.5, 0.6) is 34.5 Å². The molecule has 10 heteroatoms. The van der Waals surface area contributed by atoms with Gasteiger partial charge in [0.15, 0.2) is 34.2 Å². The first-order valence-electron chi connectivity index (χ1n) is 9.81. The summed E-state index contributed by atoms with van der Waals surface area (Å²) in [5, 5.41) is 43.6. The summed E-state index contributed by atoms with van der Waals surface area (Å²) >= 11 is 0. The van der Waals surface area contributed by atoms with E-state index in [9.17, 15) is 20.4 Å². The molecule has 10 nitrogen and oxygen atoms in total. The monoisotopic (exact) mass is 450 g/mol. The van der Waals surface area contributed by atoms with Gasteiger partial charge < -0.3 is 48.8 Å². The molecule has 174 valence electrons. The smallest absolute Gasteiger partial charge is 0.200 e. The molecule has 2 heterocycles. The van der Waals surface area contributed by atoms with E-state index < -0.39 is 23.4 Å². The van der Waals surface area contributed by atoms with Crippen LogP contribution in [0.15, 0.2) is 24.3 Å².